The first kappa shape index (κ1) is 29.0. The lowest BCUT2D eigenvalue weighted by Gasteiger charge is -2.21. The van der Waals surface area contributed by atoms with Crippen LogP contribution in [0.2, 0.25) is 0 Å². The molecule has 2 aromatic carbocycles. The topological polar surface area (TPSA) is 121 Å². The first-order valence-corrected chi connectivity index (χ1v) is 13.6. The molecule has 1 aliphatic heterocycles. The molecule has 1 fully saturated rings. The number of phenols is 1. The smallest absolute Gasteiger partial charge is 0.338 e. The van der Waals surface area contributed by atoms with Crippen molar-refractivity contribution < 1.29 is 29.1 Å². The summed E-state index contributed by atoms with van der Waals surface area (Å²) >= 11 is 0. The molecule has 1 unspecified atom stereocenters. The van der Waals surface area contributed by atoms with Gasteiger partial charge in [-0.05, 0) is 61.7 Å². The van der Waals surface area contributed by atoms with Gasteiger partial charge in [0.1, 0.15) is 11.8 Å². The Kier molecular flexibility index (Phi) is 11.4. The number of urea groups is 1. The van der Waals surface area contributed by atoms with Crippen molar-refractivity contribution in [3.05, 3.63) is 59.7 Å². The number of carbonyl (C=O) groups is 3. The number of phenolic OH excluding ortho intramolecular Hbond substituents is 1. The van der Waals surface area contributed by atoms with Crippen LogP contribution in [0, 0.1) is 0 Å². The van der Waals surface area contributed by atoms with Crippen molar-refractivity contribution in [3.63, 3.8) is 0 Å². The number of carbonyl (C=O) groups excluding carboxylic acids is 3. The van der Waals surface area contributed by atoms with Gasteiger partial charge in [-0.1, -0.05) is 31.9 Å². The Morgan fingerprint density at radius 3 is 2.45 bits per heavy atom. The van der Waals surface area contributed by atoms with Gasteiger partial charge < -0.3 is 30.7 Å². The molecule has 1 heterocycles. The van der Waals surface area contributed by atoms with Gasteiger partial charge in [0.2, 0.25) is 5.91 Å². The van der Waals surface area contributed by atoms with E-state index < -0.39 is 18.0 Å². The van der Waals surface area contributed by atoms with Crippen molar-refractivity contribution >= 4 is 23.6 Å². The van der Waals surface area contributed by atoms with Crippen LogP contribution in [0.1, 0.15) is 61.9 Å². The average Bonchev–Trinajstić information content (AvgIpc) is 3.35. The van der Waals surface area contributed by atoms with E-state index in [1.807, 2.05) is 0 Å². The molecule has 3 amide bonds. The van der Waals surface area contributed by atoms with Gasteiger partial charge >= 0.3 is 12.0 Å². The van der Waals surface area contributed by atoms with Crippen molar-refractivity contribution in [2.75, 3.05) is 31.6 Å². The summed E-state index contributed by atoms with van der Waals surface area (Å²) in [5.74, 6) is -0.523. The molecule has 9 heteroatoms. The van der Waals surface area contributed by atoms with Gasteiger partial charge in [-0.15, -0.1) is 0 Å². The van der Waals surface area contributed by atoms with E-state index in [0.29, 0.717) is 11.3 Å². The van der Waals surface area contributed by atoms with Gasteiger partial charge in [-0.2, -0.15) is 0 Å². The third kappa shape index (κ3) is 9.37. The standard InChI is InChI=1S/C29H40N4O5/c1-3-5-6-7-17-33-18-16-24(20-33)30-27(35)26(19-21-8-14-25(34)15-9-21)32-29(37)31-23-12-10-22(11-13-23)28(36)38-4-2/h8-15,24,26,34H,3-7,16-20H2,1-2H3,(H,30,35)(H2,31,32,37)/p+1/t24-,26-/m0/s1. The number of ether oxygens (including phenoxy) is 1. The number of quaternary nitrogens is 1. The highest BCUT2D eigenvalue weighted by atomic mass is 16.5. The van der Waals surface area contributed by atoms with Crippen molar-refractivity contribution in [1.82, 2.24) is 10.6 Å². The number of hydrogen-bond acceptors (Lipinski definition) is 5. The Bertz CT molecular complexity index is 1040. The van der Waals surface area contributed by atoms with E-state index in [1.165, 1.54) is 30.6 Å². The molecule has 0 aromatic heterocycles. The van der Waals surface area contributed by atoms with Gasteiger partial charge in [0.05, 0.1) is 37.8 Å². The maximum Gasteiger partial charge on any atom is 0.338 e. The predicted octanol–water partition coefficient (Wildman–Crippen LogP) is 2.66. The van der Waals surface area contributed by atoms with Crippen LogP contribution in [0.15, 0.2) is 48.5 Å². The summed E-state index contributed by atoms with van der Waals surface area (Å²) in [6.07, 6.45) is 6.12. The summed E-state index contributed by atoms with van der Waals surface area (Å²) in [7, 11) is 0. The van der Waals surface area contributed by atoms with Crippen LogP contribution in [0.5, 0.6) is 5.75 Å². The fourth-order valence-corrected chi connectivity index (χ4v) is 4.69. The number of rotatable bonds is 13. The number of benzene rings is 2. The number of aromatic hydroxyl groups is 1. The lowest BCUT2D eigenvalue weighted by Crippen LogP contribution is -3.10. The number of esters is 1. The second-order valence-electron chi connectivity index (χ2n) is 9.83. The van der Waals surface area contributed by atoms with Crippen LogP contribution in [-0.2, 0) is 16.0 Å². The second kappa shape index (κ2) is 15.0. The minimum absolute atomic E-state index is 0.0753. The fourth-order valence-electron chi connectivity index (χ4n) is 4.69. The lowest BCUT2D eigenvalue weighted by molar-refractivity contribution is -0.888. The zero-order valence-corrected chi connectivity index (χ0v) is 22.4. The van der Waals surface area contributed by atoms with Gasteiger partial charge in [0, 0.05) is 18.5 Å². The predicted molar refractivity (Wildman–Crippen MR) is 146 cm³/mol. The quantitative estimate of drug-likeness (QED) is 0.203. The molecule has 0 radical (unpaired) electrons. The minimum Gasteiger partial charge on any atom is -0.508 e. The Morgan fingerprint density at radius 1 is 1.03 bits per heavy atom. The molecule has 3 atom stereocenters. The van der Waals surface area contributed by atoms with E-state index in [1.54, 1.807) is 55.5 Å². The summed E-state index contributed by atoms with van der Waals surface area (Å²) < 4.78 is 4.98. The SMILES string of the molecule is CCCCCC[NH+]1CC[C@H](NC(=O)[C@H](Cc2ccc(O)cc2)NC(=O)Nc2ccc(C(=O)OCC)cc2)C1. The molecular formula is C29H41N4O5+. The molecule has 2 aromatic rings. The van der Waals surface area contributed by atoms with E-state index in [0.717, 1.165) is 31.6 Å². The third-order valence-electron chi connectivity index (χ3n) is 6.76. The van der Waals surface area contributed by atoms with E-state index in [4.69, 9.17) is 4.74 Å². The van der Waals surface area contributed by atoms with Crippen molar-refractivity contribution in [2.45, 2.75) is 64.5 Å². The van der Waals surface area contributed by atoms with E-state index in [2.05, 4.69) is 22.9 Å². The summed E-state index contributed by atoms with van der Waals surface area (Å²) in [5.41, 5.74) is 1.69. The van der Waals surface area contributed by atoms with Gasteiger partial charge in [-0.25, -0.2) is 9.59 Å². The molecule has 1 saturated heterocycles. The summed E-state index contributed by atoms with van der Waals surface area (Å²) in [5, 5.41) is 18.3. The van der Waals surface area contributed by atoms with Crippen LogP contribution in [-0.4, -0.2) is 61.3 Å². The van der Waals surface area contributed by atoms with Crippen LogP contribution >= 0.6 is 0 Å². The Balaban J connectivity index is 1.59. The molecule has 9 nitrogen and oxygen atoms in total. The summed E-state index contributed by atoms with van der Waals surface area (Å²) in [4.78, 5) is 39.5. The number of hydrogen-bond donors (Lipinski definition) is 5. The number of nitrogens with one attached hydrogen (secondary N) is 4. The molecule has 38 heavy (non-hydrogen) atoms. The van der Waals surface area contributed by atoms with Crippen molar-refractivity contribution in [3.8, 4) is 5.75 Å². The van der Waals surface area contributed by atoms with Crippen LogP contribution in [0.3, 0.4) is 0 Å². The number of likely N-dealkylation sites (tertiary alicyclic amines) is 1. The summed E-state index contributed by atoms with van der Waals surface area (Å²) in [6.45, 7) is 7.28. The highest BCUT2D eigenvalue weighted by molar-refractivity contribution is 5.95. The number of unbranched alkanes of at least 4 members (excludes halogenated alkanes) is 3. The highest BCUT2D eigenvalue weighted by Gasteiger charge is 2.30. The van der Waals surface area contributed by atoms with Crippen LogP contribution in [0.25, 0.3) is 0 Å². The molecule has 5 N–H and O–H groups in total. The monoisotopic (exact) mass is 525 g/mol. The largest absolute Gasteiger partial charge is 0.508 e. The summed E-state index contributed by atoms with van der Waals surface area (Å²) in [6, 6.07) is 11.7. The third-order valence-corrected chi connectivity index (χ3v) is 6.76. The van der Waals surface area contributed by atoms with Crippen LogP contribution in [0.4, 0.5) is 10.5 Å². The lowest BCUT2D eigenvalue weighted by atomic mass is 10.0. The molecule has 0 aliphatic carbocycles. The second-order valence-corrected chi connectivity index (χ2v) is 9.83. The maximum atomic E-state index is 13.3. The number of anilines is 1. The van der Waals surface area contributed by atoms with Gasteiger partial charge in [-0.3, -0.25) is 4.79 Å². The Morgan fingerprint density at radius 2 is 1.76 bits per heavy atom. The van der Waals surface area contributed by atoms with E-state index in [9.17, 15) is 19.5 Å². The van der Waals surface area contributed by atoms with Crippen molar-refractivity contribution in [2.24, 2.45) is 0 Å². The van der Waals surface area contributed by atoms with Crippen molar-refractivity contribution in [1.29, 1.82) is 0 Å². The van der Waals surface area contributed by atoms with E-state index in [-0.39, 0.29) is 30.7 Å². The minimum atomic E-state index is -0.799. The number of amides is 3. The normalized spacial score (nSPS) is 17.4. The highest BCUT2D eigenvalue weighted by Crippen LogP contribution is 2.13. The molecule has 3 rings (SSSR count). The Hall–Kier alpha value is -3.59. The molecule has 206 valence electrons. The first-order chi connectivity index (χ1) is 18.4. The van der Waals surface area contributed by atoms with Gasteiger partial charge in [0.15, 0.2) is 0 Å². The van der Waals surface area contributed by atoms with Gasteiger partial charge in [0.25, 0.3) is 0 Å². The average molecular weight is 526 g/mol. The molecule has 0 spiro atoms. The fraction of sp³-hybridized carbons (Fsp3) is 0.483. The van der Waals surface area contributed by atoms with E-state index >= 15 is 0 Å². The first-order valence-electron chi connectivity index (χ1n) is 13.6. The molecule has 0 saturated carbocycles. The molecular weight excluding hydrogens is 484 g/mol. The molecule has 1 aliphatic rings. The Labute approximate surface area is 224 Å². The zero-order chi connectivity index (χ0) is 27.3. The maximum absolute atomic E-state index is 13.3. The molecule has 0 bridgehead atoms. The van der Waals surface area contributed by atoms with Crippen LogP contribution < -0.4 is 20.9 Å². The zero-order valence-electron chi connectivity index (χ0n) is 22.4.